The molecule has 0 aliphatic carbocycles. The van der Waals surface area contributed by atoms with Crippen molar-refractivity contribution in [3.8, 4) is 0 Å². The zero-order chi connectivity index (χ0) is 15.8. The summed E-state index contributed by atoms with van der Waals surface area (Å²) in [5.41, 5.74) is 0.611. The number of hydrogen-bond acceptors (Lipinski definition) is 4. The van der Waals surface area contributed by atoms with Crippen molar-refractivity contribution in [2.45, 2.75) is 13.1 Å². The van der Waals surface area contributed by atoms with Gasteiger partial charge in [-0.1, -0.05) is 15.9 Å². The largest absolute Gasteiger partial charge is 0.490 e. The van der Waals surface area contributed by atoms with E-state index < -0.39 is 12.1 Å². The highest BCUT2D eigenvalue weighted by atomic mass is 79.9. The molecule has 0 radical (unpaired) electrons. The Labute approximate surface area is 120 Å². The van der Waals surface area contributed by atoms with Gasteiger partial charge >= 0.3 is 12.1 Å². The lowest BCUT2D eigenvalue weighted by Crippen LogP contribution is -2.21. The molecule has 1 aromatic rings. The summed E-state index contributed by atoms with van der Waals surface area (Å²) < 4.78 is 32.7. The average molecular weight is 359 g/mol. The van der Waals surface area contributed by atoms with Crippen molar-refractivity contribution >= 4 is 27.6 Å². The third-order valence-corrected chi connectivity index (χ3v) is 2.14. The Morgan fingerprint density at radius 1 is 1.40 bits per heavy atom. The normalized spacial score (nSPS) is 10.2. The second-order valence-corrected chi connectivity index (χ2v) is 3.97. The number of alkyl halides is 3. The Hall–Kier alpha value is -1.68. The minimum Gasteiger partial charge on any atom is -0.475 e. The van der Waals surface area contributed by atoms with Crippen LogP contribution in [-0.4, -0.2) is 23.9 Å². The molecular formula is C10H10BrF3N2O4. The number of anilines is 1. The standard InChI is InChI=1S/C8H9BrN2O2.C2HF3O2/c1-2-13-11(10-12)8-5-3-7(9)4-6-8;3-2(4,5)1(6)7/h3-6H,2H2,1H3;(H,6,7). The van der Waals surface area contributed by atoms with Crippen molar-refractivity contribution in [1.29, 1.82) is 0 Å². The van der Waals surface area contributed by atoms with Crippen LogP contribution in [-0.2, 0) is 9.63 Å². The first-order valence-corrected chi connectivity index (χ1v) is 5.83. The van der Waals surface area contributed by atoms with Gasteiger partial charge in [0.1, 0.15) is 0 Å². The fraction of sp³-hybridized carbons (Fsp3) is 0.300. The van der Waals surface area contributed by atoms with Gasteiger partial charge in [0.25, 0.3) is 0 Å². The van der Waals surface area contributed by atoms with Crippen molar-refractivity contribution < 1.29 is 27.9 Å². The van der Waals surface area contributed by atoms with Gasteiger partial charge in [-0.3, -0.25) is 0 Å². The van der Waals surface area contributed by atoms with E-state index in [0.29, 0.717) is 12.3 Å². The number of rotatable bonds is 4. The Morgan fingerprint density at radius 2 is 1.85 bits per heavy atom. The molecule has 20 heavy (non-hydrogen) atoms. The van der Waals surface area contributed by atoms with Gasteiger partial charge < -0.3 is 5.11 Å². The molecule has 10 heteroatoms. The van der Waals surface area contributed by atoms with Gasteiger partial charge in [-0.05, 0) is 31.2 Å². The second-order valence-electron chi connectivity index (χ2n) is 3.05. The summed E-state index contributed by atoms with van der Waals surface area (Å²) in [7, 11) is 0. The lowest BCUT2D eigenvalue weighted by molar-refractivity contribution is -0.192. The highest BCUT2D eigenvalue weighted by Gasteiger charge is 2.38. The zero-order valence-corrected chi connectivity index (χ0v) is 11.7. The quantitative estimate of drug-likeness (QED) is 0.657. The zero-order valence-electron chi connectivity index (χ0n) is 10.1. The van der Waals surface area contributed by atoms with Gasteiger partial charge in [0.2, 0.25) is 0 Å². The number of carboxylic acids is 1. The first kappa shape index (κ1) is 18.3. The molecular weight excluding hydrogens is 349 g/mol. The third kappa shape index (κ3) is 7.04. The monoisotopic (exact) mass is 358 g/mol. The Bertz CT molecular complexity index is 439. The lowest BCUT2D eigenvalue weighted by atomic mass is 10.3. The highest BCUT2D eigenvalue weighted by molar-refractivity contribution is 9.10. The predicted molar refractivity (Wildman–Crippen MR) is 67.7 cm³/mol. The van der Waals surface area contributed by atoms with Gasteiger partial charge in [0, 0.05) is 4.47 Å². The van der Waals surface area contributed by atoms with Crippen molar-refractivity contribution in [2.24, 2.45) is 5.29 Å². The fourth-order valence-corrected chi connectivity index (χ4v) is 1.10. The first-order valence-electron chi connectivity index (χ1n) is 5.04. The third-order valence-electron chi connectivity index (χ3n) is 1.62. The molecule has 6 nitrogen and oxygen atoms in total. The van der Waals surface area contributed by atoms with Crippen LogP contribution in [0.15, 0.2) is 34.0 Å². The fourth-order valence-electron chi connectivity index (χ4n) is 0.836. The molecule has 0 aliphatic rings. The molecule has 0 saturated carbocycles. The number of carboxylic acid groups (broad SMARTS) is 1. The van der Waals surface area contributed by atoms with E-state index in [4.69, 9.17) is 14.7 Å². The predicted octanol–water partition coefficient (Wildman–Crippen LogP) is 3.52. The molecule has 0 atom stereocenters. The molecule has 0 aromatic heterocycles. The van der Waals surface area contributed by atoms with E-state index >= 15 is 0 Å². The minimum absolute atomic E-state index is 0.405. The van der Waals surface area contributed by atoms with Gasteiger partial charge in [-0.15, -0.1) is 10.1 Å². The van der Waals surface area contributed by atoms with Crippen LogP contribution in [0.5, 0.6) is 0 Å². The van der Waals surface area contributed by atoms with Gasteiger partial charge in [-0.25, -0.2) is 9.63 Å². The summed E-state index contributed by atoms with van der Waals surface area (Å²) in [5.74, 6) is -2.76. The van der Waals surface area contributed by atoms with Gasteiger partial charge in [0.15, 0.2) is 0 Å². The summed E-state index contributed by atoms with van der Waals surface area (Å²) in [6.07, 6.45) is -5.08. The van der Waals surface area contributed by atoms with Gasteiger partial charge in [0.05, 0.1) is 17.6 Å². The van der Waals surface area contributed by atoms with Crippen LogP contribution in [0.25, 0.3) is 0 Å². The maximum atomic E-state index is 10.6. The molecule has 1 aromatic carbocycles. The number of benzene rings is 1. The summed E-state index contributed by atoms with van der Waals surface area (Å²) in [6, 6.07) is 7.10. The maximum absolute atomic E-state index is 10.6. The number of aliphatic carboxylic acids is 1. The van der Waals surface area contributed by atoms with E-state index in [1.54, 1.807) is 19.1 Å². The summed E-state index contributed by atoms with van der Waals surface area (Å²) in [5, 5.41) is 10.8. The van der Waals surface area contributed by atoms with Crippen LogP contribution < -0.4 is 5.17 Å². The van der Waals surface area contributed by atoms with Crippen LogP contribution in [0.3, 0.4) is 0 Å². The molecule has 112 valence electrons. The first-order chi connectivity index (χ1) is 9.22. The molecule has 1 N–H and O–H groups in total. The number of carbonyl (C=O) groups is 1. The highest BCUT2D eigenvalue weighted by Crippen LogP contribution is 2.18. The van der Waals surface area contributed by atoms with E-state index in [1.165, 1.54) is 0 Å². The van der Waals surface area contributed by atoms with E-state index in [-0.39, 0.29) is 0 Å². The number of nitrogens with zero attached hydrogens (tertiary/aromatic N) is 2. The van der Waals surface area contributed by atoms with Crippen LogP contribution >= 0.6 is 15.9 Å². The number of halogens is 4. The van der Waals surface area contributed by atoms with Crippen LogP contribution in [0.1, 0.15) is 6.92 Å². The van der Waals surface area contributed by atoms with Crippen LogP contribution in [0.4, 0.5) is 18.9 Å². The minimum atomic E-state index is -5.08. The Morgan fingerprint density at radius 3 is 2.15 bits per heavy atom. The van der Waals surface area contributed by atoms with Crippen molar-refractivity contribution in [3.63, 3.8) is 0 Å². The molecule has 0 aliphatic heterocycles. The van der Waals surface area contributed by atoms with E-state index in [9.17, 15) is 18.1 Å². The maximum Gasteiger partial charge on any atom is 0.490 e. The van der Waals surface area contributed by atoms with E-state index in [0.717, 1.165) is 9.64 Å². The average Bonchev–Trinajstić information content (AvgIpc) is 2.37. The Balaban J connectivity index is 0.000000441. The van der Waals surface area contributed by atoms with Gasteiger partial charge in [-0.2, -0.15) is 13.2 Å². The summed E-state index contributed by atoms with van der Waals surface area (Å²) >= 11 is 3.29. The number of nitroso groups, excluding NO2 is 1. The van der Waals surface area contributed by atoms with E-state index in [2.05, 4.69) is 21.2 Å². The van der Waals surface area contributed by atoms with E-state index in [1.807, 2.05) is 12.1 Å². The van der Waals surface area contributed by atoms with Crippen molar-refractivity contribution in [2.75, 3.05) is 11.8 Å². The molecule has 0 spiro atoms. The second kappa shape index (κ2) is 8.48. The molecule has 0 heterocycles. The topological polar surface area (TPSA) is 79.2 Å². The summed E-state index contributed by atoms with van der Waals surface area (Å²) in [4.78, 5) is 24.2. The molecule has 0 amide bonds. The molecule has 1 rings (SSSR count). The SMILES string of the molecule is CCON(N=O)c1ccc(Br)cc1.O=C(O)C(F)(F)F. The van der Waals surface area contributed by atoms with Crippen molar-refractivity contribution in [3.05, 3.63) is 33.6 Å². The molecule has 0 saturated heterocycles. The van der Waals surface area contributed by atoms with Crippen molar-refractivity contribution in [1.82, 2.24) is 0 Å². The smallest absolute Gasteiger partial charge is 0.475 e. The van der Waals surface area contributed by atoms with Crippen LogP contribution in [0.2, 0.25) is 0 Å². The molecule has 0 bridgehead atoms. The number of hydrogen-bond donors (Lipinski definition) is 1. The lowest BCUT2D eigenvalue weighted by Gasteiger charge is -2.12. The summed E-state index contributed by atoms with van der Waals surface area (Å²) in [6.45, 7) is 2.19. The molecule has 0 unspecified atom stereocenters. The Kier molecular flexibility index (Phi) is 7.77. The van der Waals surface area contributed by atoms with Crippen LogP contribution in [0, 0.1) is 4.91 Å². The molecule has 0 fully saturated rings.